The number of amides is 1. The van der Waals surface area contributed by atoms with Crippen LogP contribution in [0.5, 0.6) is 0 Å². The molecule has 0 fully saturated rings. The lowest BCUT2D eigenvalue weighted by molar-refractivity contribution is 0.0777. The molecular weight excluding hydrogens is 414 g/mol. The molecule has 1 amide bonds. The number of para-hydroxylation sites is 1. The van der Waals surface area contributed by atoms with E-state index in [4.69, 9.17) is 11.6 Å². The van der Waals surface area contributed by atoms with Crippen LogP contribution in [0, 0.1) is 0 Å². The fourth-order valence-electron chi connectivity index (χ4n) is 3.34. The van der Waals surface area contributed by atoms with Gasteiger partial charge in [0.15, 0.2) is 5.78 Å². The third kappa shape index (κ3) is 4.25. The van der Waals surface area contributed by atoms with Crippen LogP contribution in [0.15, 0.2) is 77.6 Å². The molecule has 0 bridgehead atoms. The summed E-state index contributed by atoms with van der Waals surface area (Å²) >= 11 is 5.91. The molecule has 7 heteroatoms. The summed E-state index contributed by atoms with van der Waals surface area (Å²) in [6.45, 7) is 0.0857. The van der Waals surface area contributed by atoms with Crippen molar-refractivity contribution in [2.24, 2.45) is 0 Å². The lowest BCUT2D eigenvalue weighted by Gasteiger charge is -2.18. The van der Waals surface area contributed by atoms with Gasteiger partial charge in [0.1, 0.15) is 5.82 Å². The molecule has 0 atom stereocenters. The predicted molar refractivity (Wildman–Crippen MR) is 119 cm³/mol. The SMILES string of the molecule is CN(Cc1nc2ccccc2c(=O)[nH]1)C(=O)c1ccccc1C(=O)c1ccc(Cl)cc1. The van der Waals surface area contributed by atoms with Crippen molar-refractivity contribution in [1.82, 2.24) is 14.9 Å². The minimum absolute atomic E-state index is 0.0857. The second-order valence-electron chi connectivity index (χ2n) is 7.07. The zero-order valence-electron chi connectivity index (χ0n) is 16.6. The van der Waals surface area contributed by atoms with Gasteiger partial charge in [-0.1, -0.05) is 41.9 Å². The van der Waals surface area contributed by atoms with Crippen LogP contribution in [0.25, 0.3) is 10.9 Å². The van der Waals surface area contributed by atoms with Gasteiger partial charge < -0.3 is 9.88 Å². The first kappa shape index (κ1) is 20.5. The molecule has 1 N–H and O–H groups in total. The van der Waals surface area contributed by atoms with Gasteiger partial charge in [-0.2, -0.15) is 0 Å². The summed E-state index contributed by atoms with van der Waals surface area (Å²) in [7, 11) is 1.60. The lowest BCUT2D eigenvalue weighted by Crippen LogP contribution is -2.29. The zero-order chi connectivity index (χ0) is 22.0. The van der Waals surface area contributed by atoms with Crippen LogP contribution in [0.3, 0.4) is 0 Å². The van der Waals surface area contributed by atoms with Gasteiger partial charge in [0.05, 0.1) is 23.0 Å². The number of benzene rings is 3. The van der Waals surface area contributed by atoms with Crippen LogP contribution in [-0.4, -0.2) is 33.6 Å². The van der Waals surface area contributed by atoms with Crippen molar-refractivity contribution >= 4 is 34.2 Å². The van der Waals surface area contributed by atoms with Crippen molar-refractivity contribution in [2.75, 3.05) is 7.05 Å². The molecular formula is C24H18ClN3O3. The summed E-state index contributed by atoms with van der Waals surface area (Å²) in [5, 5.41) is 1.01. The molecule has 0 aliphatic rings. The molecule has 0 aliphatic carbocycles. The minimum Gasteiger partial charge on any atom is -0.334 e. The van der Waals surface area contributed by atoms with E-state index in [9.17, 15) is 14.4 Å². The molecule has 4 rings (SSSR count). The maximum absolute atomic E-state index is 13.1. The number of hydrogen-bond donors (Lipinski definition) is 1. The molecule has 154 valence electrons. The van der Waals surface area contributed by atoms with Crippen LogP contribution in [0.1, 0.15) is 32.1 Å². The number of aromatic amines is 1. The number of ketones is 1. The number of hydrogen-bond acceptors (Lipinski definition) is 4. The third-order valence-electron chi connectivity index (χ3n) is 4.90. The predicted octanol–water partition coefficient (Wildman–Crippen LogP) is 4.08. The van der Waals surface area contributed by atoms with E-state index in [-0.39, 0.29) is 29.4 Å². The van der Waals surface area contributed by atoms with Gasteiger partial charge in [0, 0.05) is 23.2 Å². The maximum atomic E-state index is 13.1. The van der Waals surface area contributed by atoms with Gasteiger partial charge >= 0.3 is 0 Å². The Balaban J connectivity index is 1.62. The summed E-state index contributed by atoms with van der Waals surface area (Å²) in [6.07, 6.45) is 0. The fraction of sp³-hybridized carbons (Fsp3) is 0.0833. The van der Waals surface area contributed by atoms with Gasteiger partial charge in [0.25, 0.3) is 11.5 Å². The summed E-state index contributed by atoms with van der Waals surface area (Å²) in [5.74, 6) is -0.263. The summed E-state index contributed by atoms with van der Waals surface area (Å²) in [6, 6.07) is 20.2. The Morgan fingerprint density at radius 3 is 2.32 bits per heavy atom. The molecule has 6 nitrogen and oxygen atoms in total. The average molecular weight is 432 g/mol. The highest BCUT2D eigenvalue weighted by Gasteiger charge is 2.21. The topological polar surface area (TPSA) is 83.1 Å². The smallest absolute Gasteiger partial charge is 0.258 e. The summed E-state index contributed by atoms with van der Waals surface area (Å²) in [4.78, 5) is 47.0. The van der Waals surface area contributed by atoms with E-state index in [2.05, 4.69) is 9.97 Å². The lowest BCUT2D eigenvalue weighted by atomic mass is 9.97. The van der Waals surface area contributed by atoms with Crippen molar-refractivity contribution < 1.29 is 9.59 Å². The third-order valence-corrected chi connectivity index (χ3v) is 5.16. The Bertz CT molecular complexity index is 1350. The summed E-state index contributed by atoms with van der Waals surface area (Å²) in [5.41, 5.74) is 1.29. The Kier molecular flexibility index (Phi) is 5.64. The molecule has 0 aliphatic heterocycles. The highest BCUT2D eigenvalue weighted by Crippen LogP contribution is 2.19. The Hall–Kier alpha value is -3.77. The van der Waals surface area contributed by atoms with Crippen molar-refractivity contribution in [1.29, 1.82) is 0 Å². The zero-order valence-corrected chi connectivity index (χ0v) is 17.4. The van der Waals surface area contributed by atoms with Gasteiger partial charge in [0.2, 0.25) is 0 Å². The molecule has 0 saturated heterocycles. The van der Waals surface area contributed by atoms with Crippen molar-refractivity contribution in [3.8, 4) is 0 Å². The number of halogens is 1. The first-order valence-electron chi connectivity index (χ1n) is 9.57. The highest BCUT2D eigenvalue weighted by molar-refractivity contribution is 6.30. The van der Waals surface area contributed by atoms with E-state index in [0.29, 0.717) is 32.9 Å². The van der Waals surface area contributed by atoms with Crippen molar-refractivity contribution in [3.63, 3.8) is 0 Å². The van der Waals surface area contributed by atoms with Crippen molar-refractivity contribution in [2.45, 2.75) is 6.54 Å². The van der Waals surface area contributed by atoms with Crippen LogP contribution >= 0.6 is 11.6 Å². The number of H-pyrrole nitrogens is 1. The van der Waals surface area contributed by atoms with E-state index >= 15 is 0 Å². The number of rotatable bonds is 5. The van der Waals surface area contributed by atoms with Crippen LogP contribution < -0.4 is 5.56 Å². The summed E-state index contributed by atoms with van der Waals surface area (Å²) < 4.78 is 0. The first-order valence-corrected chi connectivity index (χ1v) is 9.94. The maximum Gasteiger partial charge on any atom is 0.258 e. The van der Waals surface area contributed by atoms with Crippen LogP contribution in [0.2, 0.25) is 5.02 Å². The molecule has 4 aromatic rings. The number of nitrogens with one attached hydrogen (secondary N) is 1. The van der Waals surface area contributed by atoms with Gasteiger partial charge in [-0.15, -0.1) is 0 Å². The van der Waals surface area contributed by atoms with E-state index in [1.807, 2.05) is 0 Å². The van der Waals surface area contributed by atoms with E-state index in [1.54, 1.807) is 79.8 Å². The highest BCUT2D eigenvalue weighted by atomic mass is 35.5. The van der Waals surface area contributed by atoms with Gasteiger partial charge in [-0.3, -0.25) is 14.4 Å². The standard InChI is InChI=1S/C24H18ClN3O3/c1-28(14-21-26-20-9-5-4-8-19(20)23(30)27-21)24(31)18-7-3-2-6-17(18)22(29)15-10-12-16(25)13-11-15/h2-13H,14H2,1H3,(H,26,27,30). The van der Waals surface area contributed by atoms with Crippen molar-refractivity contribution in [3.05, 3.63) is 111 Å². The molecule has 0 unspecified atom stereocenters. The van der Waals surface area contributed by atoms with E-state index < -0.39 is 0 Å². The minimum atomic E-state index is -0.353. The van der Waals surface area contributed by atoms with E-state index in [0.717, 1.165) is 0 Å². The molecule has 1 aromatic heterocycles. The molecule has 3 aromatic carbocycles. The second-order valence-corrected chi connectivity index (χ2v) is 7.51. The van der Waals surface area contributed by atoms with Gasteiger partial charge in [-0.25, -0.2) is 4.98 Å². The largest absolute Gasteiger partial charge is 0.334 e. The molecule has 0 saturated carbocycles. The van der Waals surface area contributed by atoms with Crippen LogP contribution in [-0.2, 0) is 6.54 Å². The monoisotopic (exact) mass is 431 g/mol. The molecule has 0 spiro atoms. The molecule has 31 heavy (non-hydrogen) atoms. The Morgan fingerprint density at radius 1 is 0.935 bits per heavy atom. The number of aromatic nitrogens is 2. The average Bonchev–Trinajstić information content (AvgIpc) is 2.78. The molecule has 1 heterocycles. The first-order chi connectivity index (χ1) is 14.9. The quantitative estimate of drug-likeness (QED) is 0.482. The van der Waals surface area contributed by atoms with E-state index in [1.165, 1.54) is 4.90 Å². The Labute approximate surface area is 183 Å². The Morgan fingerprint density at radius 2 is 1.58 bits per heavy atom. The number of carbonyl (C=O) groups excluding carboxylic acids is 2. The number of fused-ring (bicyclic) bond motifs is 1. The number of carbonyl (C=O) groups is 2. The normalized spacial score (nSPS) is 10.8. The van der Waals surface area contributed by atoms with Gasteiger partial charge in [-0.05, 0) is 42.5 Å². The molecule has 0 radical (unpaired) electrons. The number of nitrogens with zero attached hydrogens (tertiary/aromatic N) is 2. The fourth-order valence-corrected chi connectivity index (χ4v) is 3.46. The second kappa shape index (κ2) is 8.53. The van der Waals surface area contributed by atoms with Crippen LogP contribution in [0.4, 0.5) is 0 Å².